The normalized spacial score (nSPS) is 21.0. The number of fused-ring (bicyclic) bond motifs is 1. The Morgan fingerprint density at radius 3 is 2.53 bits per heavy atom. The molecule has 5 rings (SSSR count). The van der Waals surface area contributed by atoms with Crippen molar-refractivity contribution in [3.63, 3.8) is 0 Å². The van der Waals surface area contributed by atoms with E-state index in [1.807, 2.05) is 72.8 Å². The largest absolute Gasteiger partial charge is 0.507 e. The summed E-state index contributed by atoms with van der Waals surface area (Å²) < 4.78 is 38.6. The van der Waals surface area contributed by atoms with Crippen LogP contribution in [-0.2, 0) is 14.6 Å². The minimum Gasteiger partial charge on any atom is -0.507 e. The Kier molecular flexibility index (Phi) is 7.32. The molecule has 36 heavy (non-hydrogen) atoms. The number of ether oxygens (including phenoxy) is 2. The zero-order valence-electron chi connectivity index (χ0n) is 19.6. The molecule has 2 heterocycles. The van der Waals surface area contributed by atoms with Crippen LogP contribution in [0.1, 0.15) is 24.0 Å². The van der Waals surface area contributed by atoms with Gasteiger partial charge in [-0.3, -0.25) is 0 Å². The summed E-state index contributed by atoms with van der Waals surface area (Å²) in [5, 5.41) is 9.81. The maximum absolute atomic E-state index is 12.9. The third kappa shape index (κ3) is 5.43. The van der Waals surface area contributed by atoms with Crippen LogP contribution in [0.3, 0.4) is 0 Å². The second kappa shape index (κ2) is 10.6. The summed E-state index contributed by atoms with van der Waals surface area (Å²) in [6, 6.07) is 24.8. The molecule has 0 aliphatic carbocycles. The van der Waals surface area contributed by atoms with Crippen molar-refractivity contribution < 1.29 is 23.0 Å². The van der Waals surface area contributed by atoms with Crippen LogP contribution in [0.4, 0.5) is 0 Å². The SMILES string of the molecule is O=S1(=O)CC(COc2ccccc2)=C2[C@@H](CC/C(=C/c3cc(Br)ccc3O)c3ccccc3)OC[C@@H]21. The molecule has 2 atom stereocenters. The maximum Gasteiger partial charge on any atom is 0.163 e. The minimum absolute atomic E-state index is 0.0208. The summed E-state index contributed by atoms with van der Waals surface area (Å²) in [6.07, 6.45) is 2.99. The fourth-order valence-corrected chi connectivity index (χ4v) is 7.19. The van der Waals surface area contributed by atoms with Crippen molar-refractivity contribution in [3.05, 3.63) is 106 Å². The van der Waals surface area contributed by atoms with Gasteiger partial charge in [-0.2, -0.15) is 0 Å². The van der Waals surface area contributed by atoms with Crippen LogP contribution in [0.25, 0.3) is 11.6 Å². The van der Waals surface area contributed by atoms with E-state index in [1.54, 1.807) is 12.1 Å². The molecule has 1 saturated heterocycles. The average Bonchev–Trinajstić information content (AvgIpc) is 3.43. The predicted molar refractivity (Wildman–Crippen MR) is 146 cm³/mol. The molecule has 1 N–H and O–H groups in total. The summed E-state index contributed by atoms with van der Waals surface area (Å²) in [7, 11) is -3.29. The molecule has 2 aliphatic heterocycles. The standard InChI is InChI=1S/C29H27BrO5S/c30-24-12-13-26(31)22(16-24)15-21(20-7-3-1-4-8-20)11-14-27-29-23(17-34-25-9-5-2-6-10-25)19-36(32,33)28(29)18-35-27/h1-10,12-13,15-16,27-28,31H,11,14,17-19H2/b21-15-/t27-,28+/m1/s1. The molecule has 0 unspecified atom stereocenters. The topological polar surface area (TPSA) is 72.8 Å². The van der Waals surface area contributed by atoms with E-state index in [0.29, 0.717) is 24.2 Å². The fourth-order valence-electron chi connectivity index (χ4n) is 4.89. The molecule has 1 fully saturated rings. The number of benzene rings is 3. The van der Waals surface area contributed by atoms with Gasteiger partial charge in [0.05, 0.1) is 18.5 Å². The number of sulfone groups is 1. The van der Waals surface area contributed by atoms with E-state index in [4.69, 9.17) is 9.47 Å². The van der Waals surface area contributed by atoms with Crippen molar-refractivity contribution in [2.45, 2.75) is 24.2 Å². The van der Waals surface area contributed by atoms with E-state index in [9.17, 15) is 13.5 Å². The van der Waals surface area contributed by atoms with Gasteiger partial charge in [-0.15, -0.1) is 0 Å². The Morgan fingerprint density at radius 2 is 1.78 bits per heavy atom. The van der Waals surface area contributed by atoms with Gasteiger partial charge in [0, 0.05) is 10.0 Å². The molecule has 0 aromatic heterocycles. The smallest absolute Gasteiger partial charge is 0.163 e. The quantitative estimate of drug-likeness (QED) is 0.265. The lowest BCUT2D eigenvalue weighted by atomic mass is 9.93. The van der Waals surface area contributed by atoms with Gasteiger partial charge in [0.25, 0.3) is 0 Å². The third-order valence-electron chi connectivity index (χ3n) is 6.66. The zero-order valence-corrected chi connectivity index (χ0v) is 22.0. The number of allylic oxidation sites excluding steroid dienone is 1. The highest BCUT2D eigenvalue weighted by Crippen LogP contribution is 2.40. The number of phenolic OH excluding ortho intramolecular Hbond substituents is 1. The van der Waals surface area contributed by atoms with Crippen molar-refractivity contribution in [1.82, 2.24) is 0 Å². The van der Waals surface area contributed by atoms with Crippen LogP contribution in [0.2, 0.25) is 0 Å². The number of rotatable bonds is 8. The lowest BCUT2D eigenvalue weighted by Gasteiger charge is -2.16. The first-order chi connectivity index (χ1) is 17.4. The van der Waals surface area contributed by atoms with Gasteiger partial charge in [0.1, 0.15) is 23.4 Å². The highest BCUT2D eigenvalue weighted by molar-refractivity contribution is 9.10. The first kappa shape index (κ1) is 24.8. The Labute approximate surface area is 220 Å². The number of phenols is 1. The number of aromatic hydroxyl groups is 1. The number of hydrogen-bond donors (Lipinski definition) is 1. The van der Waals surface area contributed by atoms with Gasteiger partial charge in [0.15, 0.2) is 9.84 Å². The van der Waals surface area contributed by atoms with E-state index >= 15 is 0 Å². The Hall–Kier alpha value is -2.87. The van der Waals surface area contributed by atoms with Crippen LogP contribution in [0.15, 0.2) is 94.5 Å². The molecule has 0 radical (unpaired) electrons. The highest BCUT2D eigenvalue weighted by atomic mass is 79.9. The molecule has 3 aromatic carbocycles. The highest BCUT2D eigenvalue weighted by Gasteiger charge is 2.47. The van der Waals surface area contributed by atoms with E-state index in [0.717, 1.165) is 26.8 Å². The lowest BCUT2D eigenvalue weighted by molar-refractivity contribution is 0.118. The zero-order chi connectivity index (χ0) is 25.1. The first-order valence-corrected chi connectivity index (χ1v) is 14.4. The van der Waals surface area contributed by atoms with Crippen LogP contribution in [0.5, 0.6) is 11.5 Å². The molecule has 2 aliphatic rings. The Balaban J connectivity index is 1.40. The van der Waals surface area contributed by atoms with Gasteiger partial charge < -0.3 is 14.6 Å². The van der Waals surface area contributed by atoms with E-state index in [2.05, 4.69) is 15.9 Å². The molecule has 3 aromatic rings. The van der Waals surface area contributed by atoms with Crippen molar-refractivity contribution in [3.8, 4) is 11.5 Å². The van der Waals surface area contributed by atoms with Crippen LogP contribution < -0.4 is 4.74 Å². The molecular weight excluding hydrogens is 540 g/mol. The Bertz CT molecular complexity index is 1400. The van der Waals surface area contributed by atoms with Crippen LogP contribution in [0, 0.1) is 0 Å². The molecule has 5 nitrogen and oxygen atoms in total. The molecular formula is C29H27BrO5S. The lowest BCUT2D eigenvalue weighted by Crippen LogP contribution is -2.19. The average molecular weight is 568 g/mol. The second-order valence-electron chi connectivity index (χ2n) is 9.06. The van der Waals surface area contributed by atoms with Gasteiger partial charge in [-0.25, -0.2) is 8.42 Å². The summed E-state index contributed by atoms with van der Waals surface area (Å²) in [4.78, 5) is 0. The van der Waals surface area contributed by atoms with Crippen LogP contribution in [-0.4, -0.2) is 43.8 Å². The van der Waals surface area contributed by atoms with Gasteiger partial charge in [-0.1, -0.05) is 64.5 Å². The molecule has 186 valence electrons. The molecule has 0 bridgehead atoms. The first-order valence-electron chi connectivity index (χ1n) is 11.9. The number of hydrogen-bond acceptors (Lipinski definition) is 5. The van der Waals surface area contributed by atoms with Crippen molar-refractivity contribution in [2.75, 3.05) is 19.0 Å². The van der Waals surface area contributed by atoms with E-state index < -0.39 is 15.1 Å². The molecule has 0 amide bonds. The third-order valence-corrected chi connectivity index (χ3v) is 9.16. The summed E-state index contributed by atoms with van der Waals surface area (Å²) >= 11 is 3.48. The van der Waals surface area contributed by atoms with Crippen LogP contribution >= 0.6 is 15.9 Å². The van der Waals surface area contributed by atoms with Crippen molar-refractivity contribution >= 4 is 37.4 Å². The predicted octanol–water partition coefficient (Wildman–Crippen LogP) is 6.05. The van der Waals surface area contributed by atoms with Gasteiger partial charge >= 0.3 is 0 Å². The monoisotopic (exact) mass is 566 g/mol. The van der Waals surface area contributed by atoms with Gasteiger partial charge in [-0.05, 0) is 71.5 Å². The molecule has 0 saturated carbocycles. The van der Waals surface area contributed by atoms with E-state index in [1.165, 1.54) is 0 Å². The molecule has 7 heteroatoms. The number of para-hydroxylation sites is 1. The van der Waals surface area contributed by atoms with Crippen molar-refractivity contribution in [1.29, 1.82) is 0 Å². The van der Waals surface area contributed by atoms with E-state index in [-0.39, 0.29) is 30.8 Å². The Morgan fingerprint density at radius 1 is 1.06 bits per heavy atom. The number of halogens is 1. The summed E-state index contributed by atoms with van der Waals surface area (Å²) in [5.41, 5.74) is 4.48. The molecule has 0 spiro atoms. The van der Waals surface area contributed by atoms with Crippen molar-refractivity contribution in [2.24, 2.45) is 0 Å². The maximum atomic E-state index is 12.9. The fraction of sp³-hybridized carbons (Fsp3) is 0.241. The second-order valence-corrected chi connectivity index (χ2v) is 12.2. The summed E-state index contributed by atoms with van der Waals surface area (Å²) in [5.74, 6) is 0.936. The summed E-state index contributed by atoms with van der Waals surface area (Å²) in [6.45, 7) is 0.427. The van der Waals surface area contributed by atoms with Gasteiger partial charge in [0.2, 0.25) is 0 Å². The minimum atomic E-state index is -3.29.